The lowest BCUT2D eigenvalue weighted by Gasteiger charge is -2.22. The molecule has 2 saturated heterocycles. The number of amides is 1. The minimum Gasteiger partial charge on any atom is -0.481 e. The van der Waals surface area contributed by atoms with Gasteiger partial charge in [0.1, 0.15) is 0 Å². The van der Waals surface area contributed by atoms with E-state index >= 15 is 0 Å². The molecule has 0 aromatic heterocycles. The lowest BCUT2D eigenvalue weighted by Crippen LogP contribution is -2.39. The molecule has 2 fully saturated rings. The molecule has 0 radical (unpaired) electrons. The summed E-state index contributed by atoms with van der Waals surface area (Å²) in [6, 6.07) is -0.843. The van der Waals surface area contributed by atoms with Crippen LogP contribution in [0.5, 0.6) is 0 Å². The van der Waals surface area contributed by atoms with Crippen LogP contribution in [0, 0.1) is 5.92 Å². The summed E-state index contributed by atoms with van der Waals surface area (Å²) in [6.45, 7) is -1.64. The molecule has 1 amide bonds. The number of carbonyl (C=O) groups is 2. The molecule has 18 heavy (non-hydrogen) atoms. The Morgan fingerprint density at radius 3 is 2.50 bits per heavy atom. The summed E-state index contributed by atoms with van der Waals surface area (Å²) in [5.74, 6) is -1.71. The van der Waals surface area contributed by atoms with Crippen LogP contribution in [-0.4, -0.2) is 46.9 Å². The van der Waals surface area contributed by atoms with Gasteiger partial charge in [0.15, 0.2) is 6.61 Å². The molecule has 2 aliphatic rings. The number of halogens is 3. The minimum atomic E-state index is -4.57. The number of aliphatic carboxylic acids is 1. The van der Waals surface area contributed by atoms with Crippen LogP contribution in [0.2, 0.25) is 0 Å². The number of carbonyl (C=O) groups excluding carboxylic acids is 1. The molecule has 0 aliphatic carbocycles. The maximum atomic E-state index is 11.9. The SMILES string of the molecule is O=C(O)C1CC2CCC1N2C(=O)OCC(F)(F)F. The highest BCUT2D eigenvalue weighted by Gasteiger charge is 2.52. The molecule has 2 aliphatic heterocycles. The molecule has 2 heterocycles. The first-order valence-electron chi connectivity index (χ1n) is 5.54. The highest BCUT2D eigenvalue weighted by atomic mass is 19.4. The van der Waals surface area contributed by atoms with Crippen LogP contribution in [-0.2, 0) is 9.53 Å². The van der Waals surface area contributed by atoms with Gasteiger partial charge in [0.05, 0.1) is 5.92 Å². The van der Waals surface area contributed by atoms with Gasteiger partial charge in [-0.2, -0.15) is 13.2 Å². The van der Waals surface area contributed by atoms with Gasteiger partial charge >= 0.3 is 18.2 Å². The van der Waals surface area contributed by atoms with Gasteiger partial charge in [-0.05, 0) is 19.3 Å². The molecular weight excluding hydrogens is 255 g/mol. The van der Waals surface area contributed by atoms with Crippen LogP contribution in [0.3, 0.4) is 0 Å². The van der Waals surface area contributed by atoms with Crippen molar-refractivity contribution in [3.8, 4) is 0 Å². The smallest absolute Gasteiger partial charge is 0.422 e. The molecule has 2 rings (SSSR count). The first-order chi connectivity index (χ1) is 8.29. The van der Waals surface area contributed by atoms with Crippen LogP contribution in [0.25, 0.3) is 0 Å². The summed E-state index contributed by atoms with van der Waals surface area (Å²) in [6.07, 6.45) is -4.22. The fourth-order valence-corrected chi connectivity index (χ4v) is 2.76. The van der Waals surface area contributed by atoms with E-state index in [0.29, 0.717) is 19.3 Å². The molecule has 0 saturated carbocycles. The molecule has 0 aromatic rings. The average molecular weight is 267 g/mol. The van der Waals surface area contributed by atoms with E-state index in [9.17, 15) is 22.8 Å². The van der Waals surface area contributed by atoms with Crippen molar-refractivity contribution in [3.05, 3.63) is 0 Å². The second-order valence-corrected chi connectivity index (χ2v) is 4.56. The summed E-state index contributed by atoms with van der Waals surface area (Å²) in [4.78, 5) is 23.6. The molecular formula is C10H12F3NO4. The number of alkyl halides is 3. The van der Waals surface area contributed by atoms with Crippen LogP contribution in [0.1, 0.15) is 19.3 Å². The van der Waals surface area contributed by atoms with Gasteiger partial charge in [-0.1, -0.05) is 0 Å². The van der Waals surface area contributed by atoms with Crippen molar-refractivity contribution >= 4 is 12.1 Å². The number of nitrogens with zero attached hydrogens (tertiary/aromatic N) is 1. The molecule has 8 heteroatoms. The summed E-state index contributed by atoms with van der Waals surface area (Å²) < 4.78 is 40.0. The molecule has 102 valence electrons. The highest BCUT2D eigenvalue weighted by molar-refractivity contribution is 5.76. The summed E-state index contributed by atoms with van der Waals surface area (Å²) in [5.41, 5.74) is 0. The van der Waals surface area contributed by atoms with Gasteiger partial charge in [0.25, 0.3) is 0 Å². The zero-order valence-corrected chi connectivity index (χ0v) is 9.31. The minimum absolute atomic E-state index is 0.293. The van der Waals surface area contributed by atoms with Crippen molar-refractivity contribution in [2.24, 2.45) is 5.92 Å². The zero-order chi connectivity index (χ0) is 13.5. The Kier molecular flexibility index (Phi) is 3.12. The normalized spacial score (nSPS) is 30.6. The summed E-state index contributed by atoms with van der Waals surface area (Å²) in [5, 5.41) is 8.94. The van der Waals surface area contributed by atoms with E-state index in [1.807, 2.05) is 0 Å². The van der Waals surface area contributed by atoms with Gasteiger partial charge in [-0.25, -0.2) is 4.79 Å². The van der Waals surface area contributed by atoms with Crippen molar-refractivity contribution in [2.45, 2.75) is 37.5 Å². The van der Waals surface area contributed by atoms with Crippen molar-refractivity contribution in [1.29, 1.82) is 0 Å². The lowest BCUT2D eigenvalue weighted by molar-refractivity contribution is -0.163. The average Bonchev–Trinajstić information content (AvgIpc) is 2.81. The fourth-order valence-electron chi connectivity index (χ4n) is 2.76. The number of ether oxygens (including phenoxy) is 1. The number of carboxylic acids is 1. The second-order valence-electron chi connectivity index (χ2n) is 4.56. The molecule has 1 N–H and O–H groups in total. The van der Waals surface area contributed by atoms with Crippen molar-refractivity contribution in [1.82, 2.24) is 4.90 Å². The Morgan fingerprint density at radius 1 is 1.33 bits per heavy atom. The Hall–Kier alpha value is -1.47. The van der Waals surface area contributed by atoms with E-state index < -0.39 is 36.8 Å². The van der Waals surface area contributed by atoms with E-state index in [1.54, 1.807) is 0 Å². The van der Waals surface area contributed by atoms with Crippen LogP contribution >= 0.6 is 0 Å². The lowest BCUT2D eigenvalue weighted by atomic mass is 9.89. The molecule has 5 nitrogen and oxygen atoms in total. The van der Waals surface area contributed by atoms with Crippen LogP contribution in [0.4, 0.5) is 18.0 Å². The first kappa shape index (κ1) is 13.0. The first-order valence-corrected chi connectivity index (χ1v) is 5.54. The largest absolute Gasteiger partial charge is 0.481 e. The Bertz CT molecular complexity index is 371. The molecule has 3 atom stereocenters. The number of hydrogen-bond acceptors (Lipinski definition) is 3. The third-order valence-corrected chi connectivity index (χ3v) is 3.42. The van der Waals surface area contributed by atoms with Crippen molar-refractivity contribution in [3.63, 3.8) is 0 Å². The summed E-state index contributed by atoms with van der Waals surface area (Å²) in [7, 11) is 0. The number of fused-ring (bicyclic) bond motifs is 2. The van der Waals surface area contributed by atoms with Gasteiger partial charge in [0, 0.05) is 12.1 Å². The number of carboxylic acid groups (broad SMARTS) is 1. The van der Waals surface area contributed by atoms with E-state index in [1.165, 1.54) is 0 Å². The zero-order valence-electron chi connectivity index (χ0n) is 9.31. The molecule has 3 unspecified atom stereocenters. The third kappa shape index (κ3) is 2.37. The van der Waals surface area contributed by atoms with Gasteiger partial charge in [0.2, 0.25) is 0 Å². The topological polar surface area (TPSA) is 66.8 Å². The van der Waals surface area contributed by atoms with E-state index in [4.69, 9.17) is 5.11 Å². The molecule has 2 bridgehead atoms. The third-order valence-electron chi connectivity index (χ3n) is 3.42. The van der Waals surface area contributed by atoms with E-state index in [-0.39, 0.29) is 6.04 Å². The van der Waals surface area contributed by atoms with Gasteiger partial charge < -0.3 is 14.7 Å². The maximum Gasteiger partial charge on any atom is 0.422 e. The monoisotopic (exact) mass is 267 g/mol. The number of rotatable bonds is 2. The van der Waals surface area contributed by atoms with Crippen LogP contribution < -0.4 is 0 Å². The quantitative estimate of drug-likeness (QED) is 0.825. The second kappa shape index (κ2) is 4.33. The fraction of sp³-hybridized carbons (Fsp3) is 0.800. The summed E-state index contributed by atoms with van der Waals surface area (Å²) >= 11 is 0. The highest BCUT2D eigenvalue weighted by Crippen LogP contribution is 2.42. The van der Waals surface area contributed by atoms with Gasteiger partial charge in [-0.3, -0.25) is 4.79 Å². The Balaban J connectivity index is 1.98. The standard InChI is InChI=1S/C10H12F3NO4/c11-10(12,13)4-18-9(17)14-5-1-2-7(14)6(3-5)8(15)16/h5-7H,1-4H2,(H,15,16). The van der Waals surface area contributed by atoms with E-state index in [0.717, 1.165) is 4.90 Å². The van der Waals surface area contributed by atoms with E-state index in [2.05, 4.69) is 4.74 Å². The van der Waals surface area contributed by atoms with Crippen LogP contribution in [0.15, 0.2) is 0 Å². The van der Waals surface area contributed by atoms with Gasteiger partial charge in [-0.15, -0.1) is 0 Å². The van der Waals surface area contributed by atoms with Crippen molar-refractivity contribution < 1.29 is 32.6 Å². The maximum absolute atomic E-state index is 11.9. The molecule has 0 spiro atoms. The Morgan fingerprint density at radius 2 is 2.00 bits per heavy atom. The predicted molar refractivity (Wildman–Crippen MR) is 51.8 cm³/mol. The Labute approximate surface area is 100 Å². The predicted octanol–water partition coefficient (Wildman–Crippen LogP) is 1.62. The molecule has 0 aromatic carbocycles. The van der Waals surface area contributed by atoms with Crippen molar-refractivity contribution in [2.75, 3.05) is 6.61 Å². The number of hydrogen-bond donors (Lipinski definition) is 1.